The lowest BCUT2D eigenvalue weighted by Gasteiger charge is -2.33. The number of hydrogen-bond donors (Lipinski definition) is 0. The molecule has 2 aromatic rings. The first-order chi connectivity index (χ1) is 10.7. The van der Waals surface area contributed by atoms with Gasteiger partial charge >= 0.3 is 0 Å². The van der Waals surface area contributed by atoms with Crippen molar-refractivity contribution in [2.45, 2.75) is 6.04 Å². The van der Waals surface area contributed by atoms with Crippen LogP contribution in [0.25, 0.3) is 0 Å². The van der Waals surface area contributed by atoms with Gasteiger partial charge < -0.3 is 18.9 Å². The molecule has 2 heterocycles. The van der Waals surface area contributed by atoms with Gasteiger partial charge in [0.05, 0.1) is 13.2 Å². The fourth-order valence-corrected chi connectivity index (χ4v) is 2.41. The number of carbonyl (C=O) groups excluding carboxylic acids is 1. The summed E-state index contributed by atoms with van der Waals surface area (Å²) in [7, 11) is 0. The van der Waals surface area contributed by atoms with Crippen LogP contribution in [0.15, 0.2) is 35.2 Å². The Balaban J connectivity index is 1.65. The highest BCUT2D eigenvalue weighted by Crippen LogP contribution is 2.22. The zero-order valence-electron chi connectivity index (χ0n) is 11.6. The van der Waals surface area contributed by atoms with E-state index >= 15 is 0 Å². The second-order valence-corrected chi connectivity index (χ2v) is 5.15. The normalized spacial score (nSPS) is 18.2. The average molecular weight is 324 g/mol. The van der Waals surface area contributed by atoms with E-state index in [2.05, 4.69) is 10.1 Å². The van der Waals surface area contributed by atoms with Crippen molar-refractivity contribution in [3.63, 3.8) is 0 Å². The maximum absolute atomic E-state index is 12.4. The van der Waals surface area contributed by atoms with E-state index in [4.69, 9.17) is 25.6 Å². The van der Waals surface area contributed by atoms with Crippen LogP contribution in [0.1, 0.15) is 11.9 Å². The van der Waals surface area contributed by atoms with Crippen LogP contribution in [0.3, 0.4) is 0 Å². The van der Waals surface area contributed by atoms with Crippen molar-refractivity contribution in [1.29, 1.82) is 0 Å². The minimum absolute atomic E-state index is 0.0886. The van der Waals surface area contributed by atoms with Crippen molar-refractivity contribution in [2.75, 3.05) is 26.4 Å². The zero-order valence-corrected chi connectivity index (χ0v) is 12.4. The summed E-state index contributed by atoms with van der Waals surface area (Å²) < 4.78 is 15.6. The van der Waals surface area contributed by atoms with E-state index in [1.54, 1.807) is 29.2 Å². The molecule has 0 bridgehead atoms. The highest BCUT2D eigenvalue weighted by atomic mass is 35.5. The topological polar surface area (TPSA) is 77.7 Å². The molecular weight excluding hydrogens is 310 g/mol. The molecule has 0 saturated carbocycles. The van der Waals surface area contributed by atoms with E-state index in [-0.39, 0.29) is 18.6 Å². The number of hydrogen-bond acceptors (Lipinski definition) is 6. The Morgan fingerprint density at radius 1 is 1.50 bits per heavy atom. The van der Waals surface area contributed by atoms with Gasteiger partial charge in [0.15, 0.2) is 12.4 Å². The summed E-state index contributed by atoms with van der Waals surface area (Å²) in [5, 5.41) is 4.34. The van der Waals surface area contributed by atoms with Gasteiger partial charge in [-0.15, -0.1) is 0 Å². The first-order valence-corrected chi connectivity index (χ1v) is 7.13. The molecule has 0 spiro atoms. The Bertz CT molecular complexity index is 635. The number of aromatic nitrogens is 2. The standard InChI is InChI=1S/C14H14ClN3O4/c15-10-2-1-3-11(6-10)21-8-13(19)18-4-5-20-7-12(18)14-16-9-22-17-14/h1-3,6,9,12H,4-5,7-8H2/t12-/m0/s1. The molecule has 22 heavy (non-hydrogen) atoms. The van der Waals surface area contributed by atoms with Crippen molar-refractivity contribution in [3.8, 4) is 5.75 Å². The number of ether oxygens (including phenoxy) is 2. The Hall–Kier alpha value is -2.12. The van der Waals surface area contributed by atoms with Crippen molar-refractivity contribution in [3.05, 3.63) is 41.5 Å². The summed E-state index contributed by atoms with van der Waals surface area (Å²) in [6, 6.07) is 6.55. The number of morpholine rings is 1. The van der Waals surface area contributed by atoms with Crippen LogP contribution in [0.5, 0.6) is 5.75 Å². The smallest absolute Gasteiger partial charge is 0.261 e. The fraction of sp³-hybridized carbons (Fsp3) is 0.357. The molecule has 7 nitrogen and oxygen atoms in total. The lowest BCUT2D eigenvalue weighted by atomic mass is 10.2. The number of nitrogens with zero attached hydrogens (tertiary/aromatic N) is 3. The van der Waals surface area contributed by atoms with E-state index in [1.165, 1.54) is 6.39 Å². The molecular formula is C14H14ClN3O4. The predicted molar refractivity (Wildman–Crippen MR) is 76.5 cm³/mol. The second kappa shape index (κ2) is 6.76. The van der Waals surface area contributed by atoms with Crippen molar-refractivity contribution < 1.29 is 18.8 Å². The molecule has 1 saturated heterocycles. The van der Waals surface area contributed by atoms with E-state index in [0.29, 0.717) is 36.4 Å². The zero-order chi connectivity index (χ0) is 15.4. The summed E-state index contributed by atoms with van der Waals surface area (Å²) in [6.07, 6.45) is 1.23. The highest BCUT2D eigenvalue weighted by molar-refractivity contribution is 6.30. The third-order valence-corrected chi connectivity index (χ3v) is 3.52. The maximum Gasteiger partial charge on any atom is 0.261 e. The molecule has 1 aliphatic heterocycles. The summed E-state index contributed by atoms with van der Waals surface area (Å²) in [5.41, 5.74) is 0. The summed E-state index contributed by atoms with van der Waals surface area (Å²) >= 11 is 5.88. The van der Waals surface area contributed by atoms with Crippen molar-refractivity contribution in [2.24, 2.45) is 0 Å². The molecule has 116 valence electrons. The Labute approximate surface area is 131 Å². The van der Waals surface area contributed by atoms with Gasteiger partial charge in [-0.3, -0.25) is 4.79 Å². The van der Waals surface area contributed by atoms with Crippen molar-refractivity contribution in [1.82, 2.24) is 15.0 Å². The molecule has 8 heteroatoms. The van der Waals surface area contributed by atoms with Crippen LogP contribution in [-0.4, -0.2) is 47.3 Å². The van der Waals surface area contributed by atoms with Gasteiger partial charge in [-0.05, 0) is 18.2 Å². The van der Waals surface area contributed by atoms with Gasteiger partial charge in [-0.1, -0.05) is 22.8 Å². The average Bonchev–Trinajstić information content (AvgIpc) is 3.07. The van der Waals surface area contributed by atoms with Crippen LogP contribution in [-0.2, 0) is 9.53 Å². The number of halogens is 1. The first-order valence-electron chi connectivity index (χ1n) is 6.76. The third kappa shape index (κ3) is 3.37. The minimum Gasteiger partial charge on any atom is -0.484 e. The van der Waals surface area contributed by atoms with Gasteiger partial charge in [-0.25, -0.2) is 0 Å². The van der Waals surface area contributed by atoms with E-state index in [1.807, 2.05) is 0 Å². The van der Waals surface area contributed by atoms with Crippen LogP contribution in [0.4, 0.5) is 0 Å². The van der Waals surface area contributed by atoms with E-state index in [9.17, 15) is 4.79 Å². The first kappa shape index (κ1) is 14.8. The Kier molecular flexibility index (Phi) is 4.55. The molecule has 1 aromatic carbocycles. The van der Waals surface area contributed by atoms with Gasteiger partial charge in [0.1, 0.15) is 11.8 Å². The summed E-state index contributed by atoms with van der Waals surface area (Å²) in [6.45, 7) is 1.17. The second-order valence-electron chi connectivity index (χ2n) is 4.71. The molecule has 1 aliphatic rings. The van der Waals surface area contributed by atoms with Crippen LogP contribution < -0.4 is 4.74 Å². The highest BCUT2D eigenvalue weighted by Gasteiger charge is 2.31. The molecule has 3 rings (SSSR count). The molecule has 1 atom stereocenters. The fourth-order valence-electron chi connectivity index (χ4n) is 2.23. The summed E-state index contributed by atoms with van der Waals surface area (Å²) in [5.74, 6) is 0.805. The quantitative estimate of drug-likeness (QED) is 0.852. The van der Waals surface area contributed by atoms with Crippen LogP contribution >= 0.6 is 11.6 Å². The van der Waals surface area contributed by atoms with Gasteiger partial charge in [0.25, 0.3) is 5.91 Å². The molecule has 0 aliphatic carbocycles. The number of carbonyl (C=O) groups is 1. The lowest BCUT2D eigenvalue weighted by Crippen LogP contribution is -2.45. The molecule has 1 fully saturated rings. The SMILES string of the molecule is O=C(COc1cccc(Cl)c1)N1CCOC[C@H]1c1ncon1. The van der Waals surface area contributed by atoms with Crippen LogP contribution in [0.2, 0.25) is 5.02 Å². The van der Waals surface area contributed by atoms with Gasteiger partial charge in [0.2, 0.25) is 6.39 Å². The molecule has 1 aromatic heterocycles. The monoisotopic (exact) mass is 323 g/mol. The lowest BCUT2D eigenvalue weighted by molar-refractivity contribution is -0.142. The molecule has 0 N–H and O–H groups in total. The number of rotatable bonds is 4. The number of amides is 1. The predicted octanol–water partition coefficient (Wildman–Crippen LogP) is 1.70. The Morgan fingerprint density at radius 3 is 3.18 bits per heavy atom. The molecule has 0 unspecified atom stereocenters. The number of benzene rings is 1. The molecule has 1 amide bonds. The Morgan fingerprint density at radius 2 is 2.41 bits per heavy atom. The van der Waals surface area contributed by atoms with Crippen molar-refractivity contribution >= 4 is 17.5 Å². The largest absolute Gasteiger partial charge is 0.484 e. The molecule has 0 radical (unpaired) electrons. The van der Waals surface area contributed by atoms with Crippen LogP contribution in [0, 0.1) is 0 Å². The summed E-state index contributed by atoms with van der Waals surface area (Å²) in [4.78, 5) is 18.0. The minimum atomic E-state index is -0.358. The maximum atomic E-state index is 12.4. The third-order valence-electron chi connectivity index (χ3n) is 3.28. The van der Waals surface area contributed by atoms with Gasteiger partial charge in [-0.2, -0.15) is 4.98 Å². The van der Waals surface area contributed by atoms with Gasteiger partial charge in [0, 0.05) is 11.6 Å². The van der Waals surface area contributed by atoms with E-state index in [0.717, 1.165) is 0 Å². The van der Waals surface area contributed by atoms with E-state index < -0.39 is 0 Å².